The van der Waals surface area contributed by atoms with E-state index in [1.807, 2.05) is 0 Å². The molecule has 0 atom stereocenters. The molecule has 10 heteroatoms. The number of amides is 2. The summed E-state index contributed by atoms with van der Waals surface area (Å²) in [6, 6.07) is 5.87. The first-order valence-electron chi connectivity index (χ1n) is 7.78. The summed E-state index contributed by atoms with van der Waals surface area (Å²) in [5.74, 6) is -0.424. The van der Waals surface area contributed by atoms with Crippen molar-refractivity contribution in [3.63, 3.8) is 0 Å². The molecule has 0 aromatic carbocycles. The maximum absolute atomic E-state index is 12.5. The highest BCUT2D eigenvalue weighted by Gasteiger charge is 2.26. The normalized spacial score (nSPS) is 13.3. The summed E-state index contributed by atoms with van der Waals surface area (Å²) >= 11 is 1.32. The highest BCUT2D eigenvalue weighted by Crippen LogP contribution is 2.29. The van der Waals surface area contributed by atoms with Crippen LogP contribution in [-0.4, -0.2) is 38.4 Å². The smallest absolute Gasteiger partial charge is 0.293 e. The minimum atomic E-state index is -0.369. The van der Waals surface area contributed by atoms with Crippen LogP contribution in [0.15, 0.2) is 39.7 Å². The number of rotatable bonds is 3. The molecule has 2 N–H and O–H groups in total. The predicted molar refractivity (Wildman–Crippen MR) is 92.1 cm³/mol. The van der Waals surface area contributed by atoms with E-state index in [2.05, 4.69) is 20.5 Å². The first-order chi connectivity index (χ1) is 12.6. The zero-order chi connectivity index (χ0) is 18.1. The largest absolute Gasteiger partial charge is 0.459 e. The van der Waals surface area contributed by atoms with Crippen LogP contribution in [0.2, 0.25) is 0 Å². The quantitative estimate of drug-likeness (QED) is 0.715. The Bertz CT molecular complexity index is 1000. The van der Waals surface area contributed by atoms with E-state index in [0.29, 0.717) is 24.6 Å². The van der Waals surface area contributed by atoms with Crippen molar-refractivity contribution < 1.29 is 14.0 Å². The fourth-order valence-corrected chi connectivity index (χ4v) is 3.63. The van der Waals surface area contributed by atoms with Crippen LogP contribution in [0.3, 0.4) is 0 Å². The number of anilines is 1. The summed E-state index contributed by atoms with van der Waals surface area (Å²) < 4.78 is 5.06. The Balaban J connectivity index is 1.48. The third-order valence-corrected chi connectivity index (χ3v) is 4.88. The molecule has 0 bridgehead atoms. The van der Waals surface area contributed by atoms with E-state index >= 15 is 0 Å². The molecule has 0 aliphatic carbocycles. The van der Waals surface area contributed by atoms with Crippen molar-refractivity contribution in [2.45, 2.75) is 13.0 Å². The van der Waals surface area contributed by atoms with Crippen LogP contribution in [0.25, 0.3) is 0 Å². The highest BCUT2D eigenvalue weighted by molar-refractivity contribution is 7.15. The molecule has 132 valence electrons. The maximum Gasteiger partial charge on any atom is 0.293 e. The lowest BCUT2D eigenvalue weighted by Gasteiger charge is -2.25. The van der Waals surface area contributed by atoms with Crippen LogP contribution in [-0.2, 0) is 13.0 Å². The number of fused-ring (bicyclic) bond motifs is 1. The Labute approximate surface area is 150 Å². The van der Waals surface area contributed by atoms with Gasteiger partial charge in [-0.1, -0.05) is 11.3 Å². The number of H-pyrrole nitrogens is 1. The molecule has 3 aromatic rings. The molecule has 0 saturated heterocycles. The summed E-state index contributed by atoms with van der Waals surface area (Å²) in [5.41, 5.74) is 0.689. The van der Waals surface area contributed by atoms with Gasteiger partial charge in [0.1, 0.15) is 5.69 Å². The lowest BCUT2D eigenvalue weighted by atomic mass is 10.1. The Hall–Kier alpha value is -3.27. The highest BCUT2D eigenvalue weighted by atomic mass is 32.1. The van der Waals surface area contributed by atoms with Gasteiger partial charge >= 0.3 is 0 Å². The molecule has 0 saturated carbocycles. The second kappa shape index (κ2) is 6.56. The molecule has 0 spiro atoms. The van der Waals surface area contributed by atoms with Gasteiger partial charge in [0.25, 0.3) is 17.4 Å². The van der Waals surface area contributed by atoms with Gasteiger partial charge in [0.2, 0.25) is 0 Å². The second-order valence-corrected chi connectivity index (χ2v) is 6.69. The average molecular weight is 371 g/mol. The molecular weight excluding hydrogens is 358 g/mol. The van der Waals surface area contributed by atoms with Crippen molar-refractivity contribution in [3.05, 3.63) is 62.9 Å². The van der Waals surface area contributed by atoms with Gasteiger partial charge < -0.3 is 9.32 Å². The van der Waals surface area contributed by atoms with E-state index in [0.717, 1.165) is 10.6 Å². The van der Waals surface area contributed by atoms with Gasteiger partial charge in [-0.25, -0.2) is 10.1 Å². The van der Waals surface area contributed by atoms with E-state index in [4.69, 9.17) is 4.42 Å². The minimum Gasteiger partial charge on any atom is -0.459 e. The first-order valence-corrected chi connectivity index (χ1v) is 8.60. The van der Waals surface area contributed by atoms with Crippen molar-refractivity contribution in [3.8, 4) is 0 Å². The Morgan fingerprint density at radius 2 is 2.19 bits per heavy atom. The molecular formula is C16H13N5O4S. The molecule has 26 heavy (non-hydrogen) atoms. The number of nitrogens with one attached hydrogen (secondary N) is 2. The van der Waals surface area contributed by atoms with Gasteiger partial charge in [0.05, 0.1) is 18.5 Å². The third-order valence-electron chi connectivity index (χ3n) is 3.88. The van der Waals surface area contributed by atoms with Crippen LogP contribution in [0.5, 0.6) is 0 Å². The molecule has 1 aliphatic rings. The zero-order valence-corrected chi connectivity index (χ0v) is 14.2. The minimum absolute atomic E-state index is 0.184. The molecule has 4 heterocycles. The molecule has 2 amide bonds. The van der Waals surface area contributed by atoms with E-state index in [1.54, 1.807) is 17.0 Å². The zero-order valence-electron chi connectivity index (χ0n) is 13.4. The summed E-state index contributed by atoms with van der Waals surface area (Å²) in [6.45, 7) is 0.866. The van der Waals surface area contributed by atoms with Crippen molar-refractivity contribution in [2.75, 3.05) is 11.9 Å². The standard InChI is InChI=1S/C16H13N5O4S/c22-13-4-3-10(19-20-13)15(24)21-6-5-9-12(8-21)26-16(17-9)18-14(23)11-2-1-7-25-11/h1-4,7H,5-6,8H2,(H,20,22)(H,17,18,23). The summed E-state index contributed by atoms with van der Waals surface area (Å²) in [5, 5.41) is 9.20. The fourth-order valence-electron chi connectivity index (χ4n) is 2.61. The number of aromatic amines is 1. The van der Waals surface area contributed by atoms with Gasteiger partial charge in [-0.3, -0.25) is 19.7 Å². The second-order valence-electron chi connectivity index (χ2n) is 5.60. The van der Waals surface area contributed by atoms with E-state index in [9.17, 15) is 14.4 Å². The molecule has 9 nitrogen and oxygen atoms in total. The van der Waals surface area contributed by atoms with Crippen LogP contribution in [0.4, 0.5) is 5.13 Å². The summed E-state index contributed by atoms with van der Waals surface area (Å²) in [6.07, 6.45) is 2.01. The summed E-state index contributed by atoms with van der Waals surface area (Å²) in [7, 11) is 0. The molecule has 4 rings (SSSR count). The van der Waals surface area contributed by atoms with Crippen LogP contribution < -0.4 is 10.9 Å². The molecule has 1 aliphatic heterocycles. The van der Waals surface area contributed by atoms with Crippen molar-refractivity contribution >= 4 is 28.3 Å². The molecule has 3 aromatic heterocycles. The number of furan rings is 1. The van der Waals surface area contributed by atoms with Gasteiger partial charge in [0.15, 0.2) is 10.9 Å². The predicted octanol–water partition coefficient (Wildman–Crippen LogP) is 1.27. The van der Waals surface area contributed by atoms with E-state index < -0.39 is 0 Å². The van der Waals surface area contributed by atoms with Crippen molar-refractivity contribution in [1.82, 2.24) is 20.1 Å². The van der Waals surface area contributed by atoms with Crippen LogP contribution in [0, 0.1) is 0 Å². The van der Waals surface area contributed by atoms with Crippen LogP contribution >= 0.6 is 11.3 Å². The third kappa shape index (κ3) is 3.14. The molecule has 0 radical (unpaired) electrons. The molecule has 0 unspecified atom stereocenters. The van der Waals surface area contributed by atoms with Gasteiger partial charge in [0, 0.05) is 23.9 Å². The average Bonchev–Trinajstić information content (AvgIpc) is 3.30. The van der Waals surface area contributed by atoms with E-state index in [-0.39, 0.29) is 28.8 Å². The van der Waals surface area contributed by atoms with Gasteiger partial charge in [-0.05, 0) is 18.2 Å². The van der Waals surface area contributed by atoms with Gasteiger partial charge in [-0.15, -0.1) is 0 Å². The fraction of sp³-hybridized carbons (Fsp3) is 0.188. The topological polar surface area (TPSA) is 121 Å². The number of carbonyl (C=O) groups excluding carboxylic acids is 2. The Morgan fingerprint density at radius 1 is 1.31 bits per heavy atom. The number of aromatic nitrogens is 3. The lowest BCUT2D eigenvalue weighted by Crippen LogP contribution is -2.36. The van der Waals surface area contributed by atoms with Gasteiger partial charge in [-0.2, -0.15) is 5.10 Å². The molecule has 0 fully saturated rings. The number of nitrogens with zero attached hydrogens (tertiary/aromatic N) is 3. The SMILES string of the molecule is O=C(Nc1nc2c(s1)CN(C(=O)c1ccc(=O)[nH]n1)CC2)c1ccco1. The number of thiazole rings is 1. The first kappa shape index (κ1) is 16.2. The van der Waals surface area contributed by atoms with Crippen molar-refractivity contribution in [1.29, 1.82) is 0 Å². The van der Waals surface area contributed by atoms with Crippen molar-refractivity contribution in [2.24, 2.45) is 0 Å². The van der Waals surface area contributed by atoms with Crippen LogP contribution in [0.1, 0.15) is 31.6 Å². The Morgan fingerprint density at radius 3 is 2.92 bits per heavy atom. The Kier molecular flexibility index (Phi) is 4.09. The number of carbonyl (C=O) groups is 2. The lowest BCUT2D eigenvalue weighted by molar-refractivity contribution is 0.0728. The maximum atomic E-state index is 12.5. The summed E-state index contributed by atoms with van der Waals surface area (Å²) in [4.78, 5) is 42.6. The number of hydrogen-bond donors (Lipinski definition) is 2. The number of hydrogen-bond acceptors (Lipinski definition) is 7. The van der Waals surface area contributed by atoms with E-state index in [1.165, 1.54) is 29.7 Å². The monoisotopic (exact) mass is 371 g/mol.